The van der Waals surface area contributed by atoms with Gasteiger partial charge in [-0.15, -0.1) is 0 Å². The number of nitrogens with two attached hydrogens (primary N) is 1. The van der Waals surface area contributed by atoms with Crippen molar-refractivity contribution in [2.75, 3.05) is 19.6 Å². The van der Waals surface area contributed by atoms with Crippen LogP contribution in [-0.4, -0.2) is 42.1 Å². The quantitative estimate of drug-likeness (QED) is 0.805. The van der Waals surface area contributed by atoms with Gasteiger partial charge in [-0.05, 0) is 18.4 Å². The zero-order chi connectivity index (χ0) is 14.7. The summed E-state index contributed by atoms with van der Waals surface area (Å²) in [6.45, 7) is 7.23. The first-order valence-electron chi connectivity index (χ1n) is 6.42. The van der Waals surface area contributed by atoms with Gasteiger partial charge in [0.2, 0.25) is 10.0 Å². The maximum Gasteiger partial charge on any atom is 0.246 e. The van der Waals surface area contributed by atoms with Gasteiger partial charge >= 0.3 is 0 Å². The van der Waals surface area contributed by atoms with Crippen molar-refractivity contribution in [3.05, 3.63) is 12.4 Å². The van der Waals surface area contributed by atoms with Crippen molar-refractivity contribution in [3.63, 3.8) is 0 Å². The van der Waals surface area contributed by atoms with E-state index in [1.54, 1.807) is 7.05 Å². The van der Waals surface area contributed by atoms with E-state index in [4.69, 9.17) is 5.73 Å². The Balaban J connectivity index is 3.04. The van der Waals surface area contributed by atoms with Crippen LogP contribution in [0.1, 0.15) is 27.2 Å². The van der Waals surface area contributed by atoms with Gasteiger partial charge in [-0.1, -0.05) is 20.8 Å². The molecule has 0 aliphatic heterocycles. The highest BCUT2D eigenvalue weighted by Crippen LogP contribution is 2.21. The molecule has 0 spiro atoms. The highest BCUT2D eigenvalue weighted by molar-refractivity contribution is 7.89. The molecule has 0 radical (unpaired) electrons. The van der Waals surface area contributed by atoms with E-state index in [0.717, 1.165) is 6.42 Å². The van der Waals surface area contributed by atoms with Crippen LogP contribution in [-0.2, 0) is 17.1 Å². The van der Waals surface area contributed by atoms with Gasteiger partial charge < -0.3 is 5.73 Å². The fourth-order valence-corrected chi connectivity index (χ4v) is 3.46. The largest absolute Gasteiger partial charge is 0.330 e. The number of aryl methyl sites for hydroxylation is 1. The molecule has 0 saturated heterocycles. The SMILES string of the molecule is CCCN(CC(C)(C)CN)S(=O)(=O)c1cnn(C)c1. The first-order chi connectivity index (χ1) is 8.73. The molecule has 1 aromatic rings. The molecular formula is C12H24N4O2S. The monoisotopic (exact) mass is 288 g/mol. The van der Waals surface area contributed by atoms with Crippen LogP contribution in [0.25, 0.3) is 0 Å². The Morgan fingerprint density at radius 2 is 2.11 bits per heavy atom. The van der Waals surface area contributed by atoms with Crippen LogP contribution >= 0.6 is 0 Å². The van der Waals surface area contributed by atoms with Crippen LogP contribution in [0.3, 0.4) is 0 Å². The molecule has 0 atom stereocenters. The minimum atomic E-state index is -3.49. The predicted molar refractivity (Wildman–Crippen MR) is 75.1 cm³/mol. The summed E-state index contributed by atoms with van der Waals surface area (Å²) in [5, 5.41) is 3.93. The lowest BCUT2D eigenvalue weighted by atomic mass is 9.94. The normalized spacial score (nSPS) is 13.2. The standard InChI is InChI=1S/C12H24N4O2S/c1-5-6-16(10-12(2,3)9-13)19(17,18)11-7-14-15(4)8-11/h7-8H,5-6,9-10,13H2,1-4H3. The van der Waals surface area contributed by atoms with Crippen LogP contribution in [0.2, 0.25) is 0 Å². The minimum absolute atomic E-state index is 0.233. The molecule has 0 fully saturated rings. The zero-order valence-corrected chi connectivity index (χ0v) is 12.9. The third kappa shape index (κ3) is 4.02. The second-order valence-corrected chi connectivity index (χ2v) is 7.49. The first kappa shape index (κ1) is 16.1. The number of hydrogen-bond acceptors (Lipinski definition) is 4. The second-order valence-electron chi connectivity index (χ2n) is 5.56. The molecule has 2 N–H and O–H groups in total. The van der Waals surface area contributed by atoms with E-state index in [1.807, 2.05) is 20.8 Å². The van der Waals surface area contributed by atoms with E-state index in [2.05, 4.69) is 5.10 Å². The molecule has 0 aliphatic rings. The minimum Gasteiger partial charge on any atom is -0.330 e. The van der Waals surface area contributed by atoms with Crippen molar-refractivity contribution in [2.45, 2.75) is 32.1 Å². The molecule has 0 saturated carbocycles. The van der Waals surface area contributed by atoms with Crippen molar-refractivity contribution in [2.24, 2.45) is 18.2 Å². The first-order valence-corrected chi connectivity index (χ1v) is 7.86. The third-order valence-electron chi connectivity index (χ3n) is 2.95. The van der Waals surface area contributed by atoms with Crippen LogP contribution in [0, 0.1) is 5.41 Å². The summed E-state index contributed by atoms with van der Waals surface area (Å²) in [5.41, 5.74) is 5.45. The van der Waals surface area contributed by atoms with E-state index in [0.29, 0.717) is 19.6 Å². The van der Waals surface area contributed by atoms with Crippen molar-refractivity contribution < 1.29 is 8.42 Å². The highest BCUT2D eigenvalue weighted by atomic mass is 32.2. The summed E-state index contributed by atoms with van der Waals surface area (Å²) in [5.74, 6) is 0. The lowest BCUT2D eigenvalue weighted by molar-refractivity contribution is 0.266. The second kappa shape index (κ2) is 6.02. The highest BCUT2D eigenvalue weighted by Gasteiger charge is 2.30. The van der Waals surface area contributed by atoms with Crippen molar-refractivity contribution in [1.82, 2.24) is 14.1 Å². The topological polar surface area (TPSA) is 81.2 Å². The van der Waals surface area contributed by atoms with Gasteiger partial charge in [-0.3, -0.25) is 4.68 Å². The summed E-state index contributed by atoms with van der Waals surface area (Å²) in [7, 11) is -1.79. The Bertz CT molecular complexity index is 508. The Morgan fingerprint density at radius 1 is 1.47 bits per heavy atom. The van der Waals surface area contributed by atoms with Gasteiger partial charge in [0.1, 0.15) is 4.90 Å². The van der Waals surface area contributed by atoms with Crippen molar-refractivity contribution >= 4 is 10.0 Å². The third-order valence-corrected chi connectivity index (χ3v) is 4.75. The average molecular weight is 288 g/mol. The van der Waals surface area contributed by atoms with E-state index in [-0.39, 0.29) is 10.3 Å². The molecule has 7 heteroatoms. The number of aromatic nitrogens is 2. The van der Waals surface area contributed by atoms with E-state index in [1.165, 1.54) is 21.4 Å². The maximum atomic E-state index is 12.6. The molecule has 0 unspecified atom stereocenters. The summed E-state index contributed by atoms with van der Waals surface area (Å²) in [6.07, 6.45) is 3.67. The summed E-state index contributed by atoms with van der Waals surface area (Å²) >= 11 is 0. The number of rotatable bonds is 7. The van der Waals surface area contributed by atoms with Gasteiger partial charge in [0, 0.05) is 26.3 Å². The molecule has 6 nitrogen and oxygen atoms in total. The molecule has 1 heterocycles. The molecule has 19 heavy (non-hydrogen) atoms. The van der Waals surface area contributed by atoms with Gasteiger partial charge in [0.25, 0.3) is 0 Å². The molecule has 0 aliphatic carbocycles. The van der Waals surface area contributed by atoms with E-state index < -0.39 is 10.0 Å². The summed E-state index contributed by atoms with van der Waals surface area (Å²) in [4.78, 5) is 0.233. The van der Waals surface area contributed by atoms with Gasteiger partial charge in [-0.25, -0.2) is 8.42 Å². The van der Waals surface area contributed by atoms with Crippen LogP contribution in [0.4, 0.5) is 0 Å². The van der Waals surface area contributed by atoms with Crippen LogP contribution < -0.4 is 5.73 Å². The molecule has 110 valence electrons. The molecule has 1 aromatic heterocycles. The Hall–Kier alpha value is -0.920. The average Bonchev–Trinajstić information content (AvgIpc) is 2.76. The fourth-order valence-electron chi connectivity index (χ4n) is 1.76. The predicted octanol–water partition coefficient (Wildman–Crippen LogP) is 0.806. The smallest absolute Gasteiger partial charge is 0.246 e. The van der Waals surface area contributed by atoms with Crippen LogP contribution in [0.5, 0.6) is 0 Å². The molecule has 0 aromatic carbocycles. The summed E-state index contributed by atoms with van der Waals surface area (Å²) in [6, 6.07) is 0. The molecule has 1 rings (SSSR count). The van der Waals surface area contributed by atoms with Gasteiger partial charge in [0.05, 0.1) is 6.20 Å². The Morgan fingerprint density at radius 3 is 2.53 bits per heavy atom. The van der Waals surface area contributed by atoms with Crippen molar-refractivity contribution in [1.29, 1.82) is 0 Å². The fraction of sp³-hybridized carbons (Fsp3) is 0.750. The van der Waals surface area contributed by atoms with Crippen LogP contribution in [0.15, 0.2) is 17.3 Å². The van der Waals surface area contributed by atoms with Gasteiger partial charge in [-0.2, -0.15) is 9.40 Å². The van der Waals surface area contributed by atoms with E-state index >= 15 is 0 Å². The Kier molecular flexibility index (Phi) is 5.11. The lowest BCUT2D eigenvalue weighted by Crippen LogP contribution is -2.42. The number of hydrogen-bond donors (Lipinski definition) is 1. The van der Waals surface area contributed by atoms with Crippen molar-refractivity contribution in [3.8, 4) is 0 Å². The zero-order valence-electron chi connectivity index (χ0n) is 12.1. The molecule has 0 bridgehead atoms. The summed E-state index contributed by atoms with van der Waals surface area (Å²) < 4.78 is 28.1. The molecule has 0 amide bonds. The maximum absolute atomic E-state index is 12.6. The Labute approximate surface area is 115 Å². The number of sulfonamides is 1. The molecular weight excluding hydrogens is 264 g/mol. The number of nitrogens with zero attached hydrogens (tertiary/aromatic N) is 3. The lowest BCUT2D eigenvalue weighted by Gasteiger charge is -2.30. The van der Waals surface area contributed by atoms with Gasteiger partial charge in [0.15, 0.2) is 0 Å². The van der Waals surface area contributed by atoms with E-state index in [9.17, 15) is 8.42 Å².